The predicted molar refractivity (Wildman–Crippen MR) is 62.2 cm³/mol. The third kappa shape index (κ3) is 3.26. The number of hydrogen-bond acceptors (Lipinski definition) is 4. The van der Waals surface area contributed by atoms with Crippen molar-refractivity contribution in [2.75, 3.05) is 5.32 Å². The maximum absolute atomic E-state index is 13.0. The average Bonchev–Trinajstić information content (AvgIpc) is 2.62. The van der Waals surface area contributed by atoms with E-state index in [4.69, 9.17) is 4.52 Å². The van der Waals surface area contributed by atoms with Gasteiger partial charge in [0.25, 0.3) is 0 Å². The van der Waals surface area contributed by atoms with Crippen molar-refractivity contribution < 1.29 is 13.3 Å². The third-order valence-corrected chi connectivity index (χ3v) is 2.16. The standard InChI is InChI=1S/C12H13F2N3O/c1-7(2)15-12-16-11(17-18-12)5-8-3-9(13)6-10(14)4-8/h3-4,6-7H,5H2,1-2H3,(H,15,16,17). The molecule has 0 atom stereocenters. The summed E-state index contributed by atoms with van der Waals surface area (Å²) in [6, 6.07) is 3.79. The van der Waals surface area contributed by atoms with Gasteiger partial charge in [-0.3, -0.25) is 0 Å². The van der Waals surface area contributed by atoms with Crippen molar-refractivity contribution in [2.24, 2.45) is 0 Å². The zero-order valence-corrected chi connectivity index (χ0v) is 10.1. The number of halogens is 2. The van der Waals surface area contributed by atoms with E-state index in [0.717, 1.165) is 6.07 Å². The Morgan fingerprint density at radius 2 is 1.89 bits per heavy atom. The fourth-order valence-electron chi connectivity index (χ4n) is 1.53. The number of anilines is 1. The molecule has 0 saturated heterocycles. The molecule has 0 fully saturated rings. The van der Waals surface area contributed by atoms with Crippen LogP contribution in [0, 0.1) is 11.6 Å². The minimum Gasteiger partial charge on any atom is -0.336 e. The van der Waals surface area contributed by atoms with Crippen molar-refractivity contribution in [2.45, 2.75) is 26.3 Å². The number of rotatable bonds is 4. The maximum Gasteiger partial charge on any atom is 0.321 e. The molecular formula is C12H13F2N3O. The van der Waals surface area contributed by atoms with E-state index in [9.17, 15) is 8.78 Å². The molecule has 1 heterocycles. The van der Waals surface area contributed by atoms with Crippen LogP contribution >= 0.6 is 0 Å². The van der Waals surface area contributed by atoms with Gasteiger partial charge in [-0.15, -0.1) is 0 Å². The van der Waals surface area contributed by atoms with Gasteiger partial charge in [-0.05, 0) is 31.5 Å². The highest BCUT2D eigenvalue weighted by Gasteiger charge is 2.09. The third-order valence-electron chi connectivity index (χ3n) is 2.16. The number of aromatic nitrogens is 2. The topological polar surface area (TPSA) is 51.0 Å². The molecule has 0 unspecified atom stereocenters. The second-order valence-corrected chi connectivity index (χ2v) is 4.27. The van der Waals surface area contributed by atoms with Gasteiger partial charge in [0.15, 0.2) is 5.82 Å². The van der Waals surface area contributed by atoms with Crippen molar-refractivity contribution in [1.29, 1.82) is 0 Å². The van der Waals surface area contributed by atoms with E-state index in [1.165, 1.54) is 12.1 Å². The molecule has 0 radical (unpaired) electrons. The van der Waals surface area contributed by atoms with Crippen LogP contribution in [-0.4, -0.2) is 16.2 Å². The van der Waals surface area contributed by atoms with Crippen LogP contribution in [0.25, 0.3) is 0 Å². The lowest BCUT2D eigenvalue weighted by atomic mass is 10.1. The molecule has 0 bridgehead atoms. The first-order valence-corrected chi connectivity index (χ1v) is 5.57. The molecule has 1 aromatic heterocycles. The van der Waals surface area contributed by atoms with Crippen LogP contribution in [0.1, 0.15) is 25.2 Å². The first kappa shape index (κ1) is 12.5. The number of hydrogen-bond donors (Lipinski definition) is 1. The number of nitrogens with one attached hydrogen (secondary N) is 1. The molecule has 0 aliphatic rings. The number of nitrogens with zero attached hydrogens (tertiary/aromatic N) is 2. The Morgan fingerprint density at radius 1 is 1.22 bits per heavy atom. The van der Waals surface area contributed by atoms with Gasteiger partial charge in [0.2, 0.25) is 0 Å². The largest absolute Gasteiger partial charge is 0.336 e. The van der Waals surface area contributed by atoms with Crippen LogP contribution in [0.15, 0.2) is 22.7 Å². The van der Waals surface area contributed by atoms with Gasteiger partial charge in [-0.2, -0.15) is 4.98 Å². The van der Waals surface area contributed by atoms with Gasteiger partial charge >= 0.3 is 6.01 Å². The molecule has 0 amide bonds. The van der Waals surface area contributed by atoms with E-state index in [0.29, 0.717) is 17.4 Å². The second kappa shape index (κ2) is 5.12. The Hall–Kier alpha value is -1.98. The summed E-state index contributed by atoms with van der Waals surface area (Å²) < 4.78 is 30.9. The van der Waals surface area contributed by atoms with Gasteiger partial charge in [-0.25, -0.2) is 8.78 Å². The molecule has 6 heteroatoms. The van der Waals surface area contributed by atoms with Crippen molar-refractivity contribution in [1.82, 2.24) is 10.1 Å². The Bertz CT molecular complexity index is 520. The molecule has 2 aromatic rings. The summed E-state index contributed by atoms with van der Waals surface area (Å²) in [7, 11) is 0. The van der Waals surface area contributed by atoms with Crippen LogP contribution in [0.3, 0.4) is 0 Å². The van der Waals surface area contributed by atoms with Crippen LogP contribution < -0.4 is 5.32 Å². The molecule has 0 aliphatic heterocycles. The lowest BCUT2D eigenvalue weighted by molar-refractivity contribution is 0.421. The molecule has 0 spiro atoms. The molecule has 2 rings (SSSR count). The summed E-state index contributed by atoms with van der Waals surface area (Å²) in [5, 5.41) is 6.68. The summed E-state index contributed by atoms with van der Waals surface area (Å²) >= 11 is 0. The van der Waals surface area contributed by atoms with Crippen molar-refractivity contribution >= 4 is 6.01 Å². The van der Waals surface area contributed by atoms with E-state index >= 15 is 0 Å². The van der Waals surface area contributed by atoms with E-state index in [2.05, 4.69) is 15.5 Å². The molecule has 4 nitrogen and oxygen atoms in total. The summed E-state index contributed by atoms with van der Waals surface area (Å²) in [5.41, 5.74) is 0.462. The van der Waals surface area contributed by atoms with E-state index in [1.807, 2.05) is 13.8 Å². The highest BCUT2D eigenvalue weighted by Crippen LogP contribution is 2.13. The smallest absolute Gasteiger partial charge is 0.321 e. The van der Waals surface area contributed by atoms with Gasteiger partial charge < -0.3 is 9.84 Å². The fraction of sp³-hybridized carbons (Fsp3) is 0.333. The maximum atomic E-state index is 13.0. The van der Waals surface area contributed by atoms with Crippen LogP contribution in [0.5, 0.6) is 0 Å². The normalized spacial score (nSPS) is 10.9. The molecular weight excluding hydrogens is 240 g/mol. The lowest BCUT2D eigenvalue weighted by Crippen LogP contribution is -2.09. The van der Waals surface area contributed by atoms with E-state index < -0.39 is 11.6 Å². The van der Waals surface area contributed by atoms with E-state index in [-0.39, 0.29) is 12.5 Å². The van der Waals surface area contributed by atoms with Crippen molar-refractivity contribution in [3.8, 4) is 0 Å². The Morgan fingerprint density at radius 3 is 2.50 bits per heavy atom. The lowest BCUT2D eigenvalue weighted by Gasteiger charge is -2.01. The summed E-state index contributed by atoms with van der Waals surface area (Å²) in [5.74, 6) is -0.855. The second-order valence-electron chi connectivity index (χ2n) is 4.27. The number of benzene rings is 1. The minimum absolute atomic E-state index is 0.171. The SMILES string of the molecule is CC(C)Nc1nc(Cc2cc(F)cc(F)c2)no1. The molecule has 18 heavy (non-hydrogen) atoms. The summed E-state index contributed by atoms with van der Waals surface area (Å²) in [6.07, 6.45) is 0.220. The fourth-order valence-corrected chi connectivity index (χ4v) is 1.53. The summed E-state index contributed by atoms with van der Waals surface area (Å²) in [6.45, 7) is 3.87. The van der Waals surface area contributed by atoms with Crippen molar-refractivity contribution in [3.05, 3.63) is 41.2 Å². The average molecular weight is 253 g/mol. The molecule has 0 saturated carbocycles. The van der Waals surface area contributed by atoms with Gasteiger partial charge in [0.05, 0.1) is 0 Å². The van der Waals surface area contributed by atoms with Gasteiger partial charge in [0, 0.05) is 18.5 Å². The Labute approximate surface area is 103 Å². The van der Waals surface area contributed by atoms with Crippen molar-refractivity contribution in [3.63, 3.8) is 0 Å². The summed E-state index contributed by atoms with van der Waals surface area (Å²) in [4.78, 5) is 4.07. The minimum atomic E-state index is -0.617. The Kier molecular flexibility index (Phi) is 3.55. The zero-order valence-electron chi connectivity index (χ0n) is 10.1. The first-order valence-electron chi connectivity index (χ1n) is 5.57. The molecule has 1 aromatic carbocycles. The van der Waals surface area contributed by atoms with Gasteiger partial charge in [0.1, 0.15) is 11.6 Å². The van der Waals surface area contributed by atoms with Gasteiger partial charge in [-0.1, -0.05) is 5.16 Å². The molecule has 96 valence electrons. The first-order chi connectivity index (χ1) is 8.52. The molecule has 0 aliphatic carbocycles. The molecule has 1 N–H and O–H groups in total. The van der Waals surface area contributed by atoms with E-state index in [1.54, 1.807) is 0 Å². The quantitative estimate of drug-likeness (QED) is 0.910. The highest BCUT2D eigenvalue weighted by molar-refractivity contribution is 5.24. The predicted octanol–water partition coefficient (Wildman–Crippen LogP) is 2.76. The van der Waals surface area contributed by atoms with Crippen LogP contribution in [-0.2, 0) is 6.42 Å². The van der Waals surface area contributed by atoms with Crippen LogP contribution in [0.2, 0.25) is 0 Å². The zero-order chi connectivity index (χ0) is 13.1. The highest BCUT2D eigenvalue weighted by atomic mass is 19.1. The monoisotopic (exact) mass is 253 g/mol. The van der Waals surface area contributed by atoms with Crippen LogP contribution in [0.4, 0.5) is 14.8 Å². The Balaban J connectivity index is 2.11.